The van der Waals surface area contributed by atoms with E-state index in [9.17, 15) is 101 Å². The second kappa shape index (κ2) is 87.5. The van der Waals surface area contributed by atoms with Crippen molar-refractivity contribution >= 4 is 23.9 Å². The van der Waals surface area contributed by atoms with Gasteiger partial charge in [0.2, 0.25) is 0 Å². The maximum atomic E-state index is 12.5. The van der Waals surface area contributed by atoms with Gasteiger partial charge in [-0.25, -0.2) is 93.5 Å². The first-order chi connectivity index (χ1) is 69.0. The zero-order valence-corrected chi connectivity index (χ0v) is 105. The van der Waals surface area contributed by atoms with Gasteiger partial charge in [-0.1, -0.05) is 292 Å². The molecule has 0 spiro atoms. The van der Waals surface area contributed by atoms with Crippen molar-refractivity contribution in [3.63, 3.8) is 0 Å². The van der Waals surface area contributed by atoms with Crippen molar-refractivity contribution < 1.29 is 204 Å². The van der Waals surface area contributed by atoms with Crippen molar-refractivity contribution in [1.29, 1.82) is 0 Å². The fourth-order valence-corrected chi connectivity index (χ4v) is 18.5. The van der Waals surface area contributed by atoms with Gasteiger partial charge in [0.15, 0.2) is 0 Å². The average molecular weight is 2780 g/mol. The third-order valence-electron chi connectivity index (χ3n) is 28.3. The summed E-state index contributed by atoms with van der Waals surface area (Å²) in [5.74, 6) is -3.33. The molecule has 0 saturated carbocycles. The number of carbonyl (C=O) groups excluding carboxylic acids is 4. The van der Waals surface area contributed by atoms with Gasteiger partial charge in [0.1, 0.15) is 24.4 Å². The van der Waals surface area contributed by atoms with Crippen LogP contribution in [0.4, 0.5) is 0 Å². The van der Waals surface area contributed by atoms with Gasteiger partial charge in [0.05, 0.1) is 73.2 Å². The molecule has 0 amide bonds. The van der Waals surface area contributed by atoms with Crippen molar-refractivity contribution in [1.82, 2.24) is 0 Å². The van der Waals surface area contributed by atoms with E-state index in [1.54, 1.807) is 140 Å². The smallest absolute Gasteiger partial charge is 0.329 e. The normalized spacial score (nSPS) is 37.6. The van der Waals surface area contributed by atoms with Crippen LogP contribution < -0.4 is 0 Å². The maximum Gasteiger partial charge on any atom is 0.329 e. The Balaban J connectivity index is -0.000000939. The molecule has 8 unspecified atom stereocenters. The minimum atomic E-state index is -0.863. The molecular formula is C122H194O24W4-4. The Morgan fingerprint density at radius 2 is 0.520 bits per heavy atom. The van der Waals surface area contributed by atoms with Gasteiger partial charge < -0.3 is 101 Å². The number of allylic oxidation sites excluding steroid dienone is 15. The minimum absolute atomic E-state index is 0. The molecule has 0 radical (unpaired) electrons. The van der Waals surface area contributed by atoms with Gasteiger partial charge >= 0.3 is 23.9 Å². The van der Waals surface area contributed by atoms with Crippen LogP contribution >= 0.6 is 0 Å². The van der Waals surface area contributed by atoms with Crippen LogP contribution in [-0.4, -0.2) is 228 Å². The minimum Gasteiger partial charge on any atom is -0.458 e. The van der Waals surface area contributed by atoms with E-state index in [0.29, 0.717) is 25.7 Å². The summed E-state index contributed by atoms with van der Waals surface area (Å²) in [4.78, 5) is 50.0. The van der Waals surface area contributed by atoms with Crippen molar-refractivity contribution in [3.05, 3.63) is 258 Å². The Hall–Kier alpha value is -5.47. The van der Waals surface area contributed by atoms with Gasteiger partial charge in [-0.3, -0.25) is 0 Å². The number of aliphatic hydroxyl groups excluding tert-OH is 16. The molecule has 0 aromatic rings. The molecule has 854 valence electrons. The number of hydrogen-bond donors (Lipinski definition) is 16. The number of carbonyl (C=O) groups is 4. The summed E-state index contributed by atoms with van der Waals surface area (Å²) >= 11 is 0. The molecule has 24 nitrogen and oxygen atoms in total. The molecule has 4 aliphatic heterocycles. The second-order valence-electron chi connectivity index (χ2n) is 41.9. The first-order valence-electron chi connectivity index (χ1n) is 53.8. The molecule has 38 atom stereocenters. The third kappa shape index (κ3) is 66.9. The maximum absolute atomic E-state index is 12.5. The molecule has 0 aromatic heterocycles. The van der Waals surface area contributed by atoms with Crippen LogP contribution in [0.3, 0.4) is 0 Å². The Kier molecular flexibility index (Phi) is 88.0. The topological polar surface area (TPSA) is 429 Å². The zero-order valence-electron chi connectivity index (χ0n) is 93.1. The number of aliphatic hydroxyl groups is 16. The molecule has 4 aliphatic rings. The molecule has 0 aromatic carbocycles. The Morgan fingerprint density at radius 3 is 0.753 bits per heavy atom. The molecule has 150 heavy (non-hydrogen) atoms. The van der Waals surface area contributed by atoms with Gasteiger partial charge in [-0.15, -0.1) is 24.3 Å². The van der Waals surface area contributed by atoms with E-state index in [-0.39, 0.29) is 216 Å². The van der Waals surface area contributed by atoms with Crippen LogP contribution in [0.25, 0.3) is 0 Å². The fraction of sp³-hybridized carbons (Fsp3) is 0.623. The third-order valence-corrected chi connectivity index (χ3v) is 28.3. The number of cyclic esters (lactones) is 4. The second-order valence-corrected chi connectivity index (χ2v) is 41.9. The molecular weight excluding hydrogens is 2580 g/mol. The SMILES string of the molecule is C=C/C=C\[C@H](C)C1OC(=O)/C=C\C=C\[CH-][C@@H](O)C[C@H](O)/C=C\[C@H](C)[C@H](O)[C@@H](C)CCCCC(O)[C@@H]1C.C=C/C=C\[C@H](C)C1OC(=O)/C=C\C=C\[CH-][C@@H](O)C[C@H](O)/C=C\[C@H](C)[C@H](O)[C@@H](C)C[C@@H](C)CCC(O)[C@@H]1C.C=C/C=C\[C@H](C)C1OC(=O)/C=C\C=C\[CH-][C@@H](O)C[C@H](O)/C=C\[C@H](C)[C@H](O)[C@@H](C)C[C@@H](C)CCC(O)[C@@H]1C.CC/C=C\[C@H](C)C1OC(=O)/C=C\C=C\[CH-][C@@H](O)C[C@H](O)/C=C\[C@H](C)[C@H](O)[C@@H](C)CCCCC(O)[C@@H]1C.[W].[W].[W].[W]. The summed E-state index contributed by atoms with van der Waals surface area (Å²) in [6.45, 7) is 48.5. The van der Waals surface area contributed by atoms with Crippen LogP contribution in [0.15, 0.2) is 232 Å². The van der Waals surface area contributed by atoms with Gasteiger partial charge in [0.25, 0.3) is 0 Å². The summed E-state index contributed by atoms with van der Waals surface area (Å²) in [6, 6.07) is 0. The van der Waals surface area contributed by atoms with E-state index in [4.69, 9.17) is 18.9 Å². The summed E-state index contributed by atoms with van der Waals surface area (Å²) in [5.41, 5.74) is 0. The summed E-state index contributed by atoms with van der Waals surface area (Å²) < 4.78 is 23.1. The van der Waals surface area contributed by atoms with E-state index in [1.807, 2.05) is 148 Å². The number of ether oxygens (including phenoxy) is 4. The zero-order chi connectivity index (χ0) is 110. The monoisotopic (exact) mass is 2780 g/mol. The quantitative estimate of drug-likeness (QED) is 0.0284. The first-order valence-corrected chi connectivity index (χ1v) is 53.8. The Morgan fingerprint density at radius 1 is 0.300 bits per heavy atom. The van der Waals surface area contributed by atoms with Crippen LogP contribution in [0, 0.1) is 132 Å². The van der Waals surface area contributed by atoms with E-state index < -0.39 is 146 Å². The molecule has 0 bridgehead atoms. The van der Waals surface area contributed by atoms with Gasteiger partial charge in [-0.2, -0.15) is 0 Å². The van der Waals surface area contributed by atoms with Crippen molar-refractivity contribution in [3.8, 4) is 0 Å². The summed E-state index contributed by atoms with van der Waals surface area (Å²) in [6.07, 6.45) is 62.4. The molecule has 4 rings (SSSR count). The average Bonchev–Trinajstić information content (AvgIpc) is 0.880. The number of hydrogen-bond acceptors (Lipinski definition) is 24. The van der Waals surface area contributed by atoms with Crippen LogP contribution in [0.2, 0.25) is 0 Å². The Bertz CT molecular complexity index is 3960. The Labute approximate surface area is 960 Å². The molecule has 16 N–H and O–H groups in total. The van der Waals surface area contributed by atoms with Crippen molar-refractivity contribution in [2.75, 3.05) is 0 Å². The molecule has 0 fully saturated rings. The standard InChI is InChI=1S/2C31H49O6.C30H49O6.C30H47O6.4W/c2*1-7-8-12-23(4)31-25(6)28(34)18-15-21(2)19-24(5)30(36)22(3)16-17-27(33)20-26(32)13-10-9-11-14-29(35)37-31;2*1-6-7-13-23(4)30-24(5)27(33)16-12-11-14-21(2)29(35)22(3)18-19-26(32)20-25(31)15-9-8-10-17-28(34)36-30;;;;/h2*7-14,16-17,21-28,30-34,36H,1,15,18-20H2,2-6H3;7-10,13,15,17-19,21-27,29-33,35H,6,11-12,14,16,20H2,1-5H3;6-10,13,15,17-19,21-27,29-33,35H,1,11-12,14,16,20H2,2-5H3;;;;/q4*-1;;;;/b2*10-9+,12-8-,14-11-,17-16-;2*9-8+,13-7-,17-10-,19-18-;;;;/t2*21-,22-,23-,24-,25-,26+,27+,28?,30-,31?;2*21-,22-,23-,24-,25+,26+,27?,29+,30?;;;;/m0000..../s1. The van der Waals surface area contributed by atoms with E-state index in [2.05, 4.69) is 33.6 Å². The molecule has 28 heteroatoms. The fourth-order valence-electron chi connectivity index (χ4n) is 18.5. The summed E-state index contributed by atoms with van der Waals surface area (Å²) in [7, 11) is 0. The molecule has 0 aliphatic carbocycles. The largest absolute Gasteiger partial charge is 0.458 e. The van der Waals surface area contributed by atoms with E-state index >= 15 is 0 Å². The number of rotatable bonds is 12. The van der Waals surface area contributed by atoms with Gasteiger partial charge in [-0.05, 0) is 132 Å². The summed E-state index contributed by atoms with van der Waals surface area (Å²) in [5, 5.41) is 168. The van der Waals surface area contributed by atoms with Crippen molar-refractivity contribution in [2.24, 2.45) is 107 Å². The molecule has 4 heterocycles. The predicted molar refractivity (Wildman–Crippen MR) is 588 cm³/mol. The molecule has 0 saturated heterocycles. The predicted octanol–water partition coefficient (Wildman–Crippen LogP) is 18.6. The van der Waals surface area contributed by atoms with Gasteiger partial charge in [0, 0.05) is 204 Å². The van der Waals surface area contributed by atoms with Crippen LogP contribution in [-0.2, 0) is 122 Å². The van der Waals surface area contributed by atoms with E-state index in [1.165, 1.54) is 68.2 Å². The van der Waals surface area contributed by atoms with Crippen molar-refractivity contribution in [2.45, 2.75) is 376 Å². The van der Waals surface area contributed by atoms with E-state index in [0.717, 1.165) is 70.6 Å². The number of esters is 4. The first kappa shape index (κ1) is 151. The van der Waals surface area contributed by atoms with Crippen LogP contribution in [0.1, 0.15) is 254 Å². The van der Waals surface area contributed by atoms with Crippen LogP contribution in [0.5, 0.6) is 0 Å².